The van der Waals surface area contributed by atoms with Crippen LogP contribution in [0.2, 0.25) is 0 Å². The van der Waals surface area contributed by atoms with E-state index in [9.17, 15) is 0 Å². The van der Waals surface area contributed by atoms with Crippen LogP contribution in [0.1, 0.15) is 65.9 Å². The predicted octanol–water partition coefficient (Wildman–Crippen LogP) is 4.92. The van der Waals surface area contributed by atoms with Crippen molar-refractivity contribution in [3.63, 3.8) is 0 Å². The molecule has 1 aromatic carbocycles. The Morgan fingerprint density at radius 2 is 1.81 bits per heavy atom. The summed E-state index contributed by atoms with van der Waals surface area (Å²) < 4.78 is 5.83. The van der Waals surface area contributed by atoms with Crippen LogP contribution in [0.3, 0.4) is 0 Å². The maximum absolute atomic E-state index is 5.83. The number of ether oxygens (including phenoxy) is 1. The van der Waals surface area contributed by atoms with Gasteiger partial charge in [-0.25, -0.2) is 0 Å². The Hall–Kier alpha value is -1.02. The van der Waals surface area contributed by atoms with Crippen LogP contribution in [0.15, 0.2) is 24.3 Å². The van der Waals surface area contributed by atoms with E-state index in [1.165, 1.54) is 18.4 Å². The molecule has 0 fully saturated rings. The van der Waals surface area contributed by atoms with Gasteiger partial charge in [0.1, 0.15) is 5.75 Å². The summed E-state index contributed by atoms with van der Waals surface area (Å²) >= 11 is 0. The molecule has 2 heteroatoms. The Labute approximate surface area is 131 Å². The lowest BCUT2D eigenvalue weighted by molar-refractivity contribution is 0.297. The smallest absolute Gasteiger partial charge is 0.119 e. The van der Waals surface area contributed by atoms with Crippen molar-refractivity contribution in [1.29, 1.82) is 0 Å². The molecule has 0 aliphatic heterocycles. The van der Waals surface area contributed by atoms with Crippen molar-refractivity contribution in [1.82, 2.24) is 5.32 Å². The van der Waals surface area contributed by atoms with Crippen molar-refractivity contribution in [3.8, 4) is 5.75 Å². The summed E-state index contributed by atoms with van der Waals surface area (Å²) in [6, 6.07) is 9.19. The van der Waals surface area contributed by atoms with Crippen molar-refractivity contribution >= 4 is 0 Å². The van der Waals surface area contributed by atoms with Gasteiger partial charge in [-0.2, -0.15) is 0 Å². The standard InChI is InChI=1S/C19H33NO/c1-6-14-20-16(3)9-8-15-21-18-12-10-17(11-13-18)19(4,5)7-2/h10-13,16,20H,6-9,14-15H2,1-5H3. The Morgan fingerprint density at radius 1 is 1.14 bits per heavy atom. The molecule has 0 spiro atoms. The molecule has 0 saturated heterocycles. The van der Waals surface area contributed by atoms with Gasteiger partial charge in [0.25, 0.3) is 0 Å². The lowest BCUT2D eigenvalue weighted by Crippen LogP contribution is -2.26. The largest absolute Gasteiger partial charge is 0.494 e. The minimum absolute atomic E-state index is 0.249. The summed E-state index contributed by atoms with van der Waals surface area (Å²) in [5, 5.41) is 3.51. The van der Waals surface area contributed by atoms with Crippen LogP contribution in [0.5, 0.6) is 5.75 Å². The van der Waals surface area contributed by atoms with Crippen molar-refractivity contribution in [3.05, 3.63) is 29.8 Å². The van der Waals surface area contributed by atoms with Crippen molar-refractivity contribution in [2.45, 2.75) is 71.8 Å². The highest BCUT2D eigenvalue weighted by molar-refractivity contribution is 5.31. The van der Waals surface area contributed by atoms with E-state index in [1.807, 2.05) is 0 Å². The summed E-state index contributed by atoms with van der Waals surface area (Å²) in [7, 11) is 0. The topological polar surface area (TPSA) is 21.3 Å². The van der Waals surface area contributed by atoms with Crippen LogP contribution in [0, 0.1) is 0 Å². The molecule has 1 atom stereocenters. The number of nitrogens with one attached hydrogen (secondary N) is 1. The molecule has 1 aromatic rings. The van der Waals surface area contributed by atoms with Crippen LogP contribution in [-0.2, 0) is 5.41 Å². The van der Waals surface area contributed by atoms with E-state index >= 15 is 0 Å². The maximum atomic E-state index is 5.83. The van der Waals surface area contributed by atoms with E-state index in [0.29, 0.717) is 6.04 Å². The fourth-order valence-corrected chi connectivity index (χ4v) is 2.28. The minimum atomic E-state index is 0.249. The van der Waals surface area contributed by atoms with Crippen molar-refractivity contribution < 1.29 is 4.74 Å². The lowest BCUT2D eigenvalue weighted by Gasteiger charge is -2.23. The van der Waals surface area contributed by atoms with Gasteiger partial charge in [-0.3, -0.25) is 0 Å². The number of benzene rings is 1. The molecule has 0 radical (unpaired) electrons. The van der Waals surface area contributed by atoms with E-state index in [2.05, 4.69) is 64.2 Å². The van der Waals surface area contributed by atoms with Gasteiger partial charge in [0.2, 0.25) is 0 Å². The molecule has 0 aliphatic rings. The first-order valence-corrected chi connectivity index (χ1v) is 8.46. The average Bonchev–Trinajstić information content (AvgIpc) is 2.50. The van der Waals surface area contributed by atoms with E-state index < -0.39 is 0 Å². The van der Waals surface area contributed by atoms with Crippen LogP contribution in [-0.4, -0.2) is 19.2 Å². The maximum Gasteiger partial charge on any atom is 0.119 e. The number of rotatable bonds is 10. The summed E-state index contributed by atoms with van der Waals surface area (Å²) in [6.45, 7) is 13.2. The molecular formula is C19H33NO. The average molecular weight is 291 g/mol. The van der Waals surface area contributed by atoms with Crippen molar-refractivity contribution in [2.75, 3.05) is 13.2 Å². The highest BCUT2D eigenvalue weighted by atomic mass is 16.5. The second-order valence-corrected chi connectivity index (χ2v) is 6.61. The highest BCUT2D eigenvalue weighted by Gasteiger charge is 2.17. The molecule has 0 heterocycles. The van der Waals surface area contributed by atoms with E-state index in [1.54, 1.807) is 0 Å². The van der Waals surface area contributed by atoms with Crippen LogP contribution in [0.25, 0.3) is 0 Å². The Kier molecular flexibility index (Phi) is 7.81. The van der Waals surface area contributed by atoms with E-state index in [0.717, 1.165) is 31.7 Å². The second kappa shape index (κ2) is 9.09. The zero-order chi connectivity index (χ0) is 15.7. The molecule has 0 aliphatic carbocycles. The van der Waals surface area contributed by atoms with Crippen LogP contribution in [0.4, 0.5) is 0 Å². The molecule has 1 rings (SSSR count). The SMILES string of the molecule is CCCNC(C)CCCOc1ccc(C(C)(C)CC)cc1. The fraction of sp³-hybridized carbons (Fsp3) is 0.684. The Bertz CT molecular complexity index is 383. The monoisotopic (exact) mass is 291 g/mol. The highest BCUT2D eigenvalue weighted by Crippen LogP contribution is 2.28. The second-order valence-electron chi connectivity index (χ2n) is 6.61. The van der Waals surface area contributed by atoms with E-state index in [-0.39, 0.29) is 5.41 Å². The Morgan fingerprint density at radius 3 is 2.38 bits per heavy atom. The molecule has 1 unspecified atom stereocenters. The van der Waals surface area contributed by atoms with Gasteiger partial charge in [0.15, 0.2) is 0 Å². The van der Waals surface area contributed by atoms with Gasteiger partial charge in [-0.1, -0.05) is 39.8 Å². The molecule has 0 saturated carbocycles. The summed E-state index contributed by atoms with van der Waals surface area (Å²) in [4.78, 5) is 0. The first-order chi connectivity index (χ1) is 9.99. The normalized spacial score (nSPS) is 13.2. The lowest BCUT2D eigenvalue weighted by atomic mass is 9.82. The first kappa shape index (κ1) is 18.0. The molecular weight excluding hydrogens is 258 g/mol. The number of hydrogen-bond acceptors (Lipinski definition) is 2. The van der Waals surface area contributed by atoms with Gasteiger partial charge in [0, 0.05) is 6.04 Å². The van der Waals surface area contributed by atoms with Crippen LogP contribution < -0.4 is 10.1 Å². The number of hydrogen-bond donors (Lipinski definition) is 1. The molecule has 0 amide bonds. The van der Waals surface area contributed by atoms with Gasteiger partial charge < -0.3 is 10.1 Å². The molecule has 2 nitrogen and oxygen atoms in total. The molecule has 21 heavy (non-hydrogen) atoms. The molecule has 1 N–H and O–H groups in total. The van der Waals surface area contributed by atoms with Gasteiger partial charge >= 0.3 is 0 Å². The predicted molar refractivity (Wildman–Crippen MR) is 92.2 cm³/mol. The Balaban J connectivity index is 2.30. The van der Waals surface area contributed by atoms with Gasteiger partial charge in [-0.15, -0.1) is 0 Å². The first-order valence-electron chi connectivity index (χ1n) is 8.46. The van der Waals surface area contributed by atoms with Crippen molar-refractivity contribution in [2.24, 2.45) is 0 Å². The van der Waals surface area contributed by atoms with Gasteiger partial charge in [0.05, 0.1) is 6.61 Å². The van der Waals surface area contributed by atoms with Gasteiger partial charge in [-0.05, 0) is 62.3 Å². The fourth-order valence-electron chi connectivity index (χ4n) is 2.28. The van der Waals surface area contributed by atoms with Crippen LogP contribution >= 0.6 is 0 Å². The minimum Gasteiger partial charge on any atom is -0.494 e. The zero-order valence-corrected chi connectivity index (χ0v) is 14.5. The molecule has 0 aromatic heterocycles. The van der Waals surface area contributed by atoms with E-state index in [4.69, 9.17) is 4.74 Å². The zero-order valence-electron chi connectivity index (χ0n) is 14.5. The third-order valence-corrected chi connectivity index (χ3v) is 4.31. The third-order valence-electron chi connectivity index (χ3n) is 4.31. The quantitative estimate of drug-likeness (QED) is 0.618. The summed E-state index contributed by atoms with van der Waals surface area (Å²) in [5.74, 6) is 0.986. The third kappa shape index (κ3) is 6.52. The molecule has 120 valence electrons. The summed E-state index contributed by atoms with van der Waals surface area (Å²) in [5.41, 5.74) is 1.63. The molecule has 0 bridgehead atoms. The summed E-state index contributed by atoms with van der Waals surface area (Å²) in [6.07, 6.45) is 4.61.